The highest BCUT2D eigenvalue weighted by Crippen LogP contribution is 2.17. The molecular formula is C18H16F2N4O3S. The molecule has 0 saturated carbocycles. The Morgan fingerprint density at radius 1 is 1.18 bits per heavy atom. The molecule has 2 aromatic heterocycles. The molecular weight excluding hydrogens is 390 g/mol. The fraction of sp³-hybridized carbons (Fsp3) is 0.278. The molecule has 3 rings (SSSR count). The second kappa shape index (κ2) is 8.01. The van der Waals surface area contributed by atoms with E-state index in [0.29, 0.717) is 27.9 Å². The Morgan fingerprint density at radius 2 is 1.93 bits per heavy atom. The van der Waals surface area contributed by atoms with Gasteiger partial charge in [-0.15, -0.1) is 5.10 Å². The Hall–Kier alpha value is -2.88. The molecule has 28 heavy (non-hydrogen) atoms. The molecule has 0 fully saturated rings. The van der Waals surface area contributed by atoms with E-state index in [2.05, 4.69) is 15.1 Å². The minimum atomic E-state index is -1.14. The van der Waals surface area contributed by atoms with E-state index in [1.807, 2.05) is 6.26 Å². The third kappa shape index (κ3) is 4.01. The highest BCUT2D eigenvalue weighted by Gasteiger charge is 2.18. The summed E-state index contributed by atoms with van der Waals surface area (Å²) in [6.07, 6.45) is 1.74. The van der Waals surface area contributed by atoms with Gasteiger partial charge in [-0.2, -0.15) is 4.98 Å². The number of aryl methyl sites for hydroxylation is 2. The number of thioether (sulfide) groups is 1. The summed E-state index contributed by atoms with van der Waals surface area (Å²) in [5.41, 5.74) is 1.85. The van der Waals surface area contributed by atoms with Crippen LogP contribution in [-0.2, 0) is 16.0 Å². The molecule has 2 heterocycles. The molecule has 0 unspecified atom stereocenters. The number of nitrogens with zero attached hydrogens (tertiary/aromatic N) is 4. The van der Waals surface area contributed by atoms with Crippen molar-refractivity contribution in [3.63, 3.8) is 0 Å². The monoisotopic (exact) mass is 406 g/mol. The van der Waals surface area contributed by atoms with Crippen molar-refractivity contribution in [2.75, 3.05) is 12.9 Å². The number of Topliss-reactive ketones (excluding diaryl/α,β-unsaturated/α-hetero) is 1. The molecule has 0 amide bonds. The van der Waals surface area contributed by atoms with Crippen LogP contribution in [0.5, 0.6) is 0 Å². The lowest BCUT2D eigenvalue weighted by molar-refractivity contribution is -0.141. The largest absolute Gasteiger partial charge is 0.457 e. The summed E-state index contributed by atoms with van der Waals surface area (Å²) in [4.78, 5) is 32.8. The smallest absolute Gasteiger partial charge is 0.310 e. The summed E-state index contributed by atoms with van der Waals surface area (Å²) in [7, 11) is 0. The van der Waals surface area contributed by atoms with Crippen LogP contribution in [-0.4, -0.2) is 44.2 Å². The highest BCUT2D eigenvalue weighted by atomic mass is 32.2. The number of hydrogen-bond acceptors (Lipinski definition) is 7. The Kier molecular flexibility index (Phi) is 5.68. The van der Waals surface area contributed by atoms with Gasteiger partial charge in [0.05, 0.1) is 6.42 Å². The first-order valence-electron chi connectivity index (χ1n) is 8.21. The molecule has 0 radical (unpaired) electrons. The summed E-state index contributed by atoms with van der Waals surface area (Å²) in [6.45, 7) is 2.96. The van der Waals surface area contributed by atoms with E-state index in [4.69, 9.17) is 4.74 Å². The Morgan fingerprint density at radius 3 is 2.61 bits per heavy atom. The molecule has 0 aliphatic heterocycles. The third-order valence-corrected chi connectivity index (χ3v) is 4.68. The topological polar surface area (TPSA) is 86.5 Å². The van der Waals surface area contributed by atoms with Crippen molar-refractivity contribution in [1.29, 1.82) is 0 Å². The fourth-order valence-electron chi connectivity index (χ4n) is 2.63. The van der Waals surface area contributed by atoms with Crippen LogP contribution in [0.2, 0.25) is 0 Å². The van der Waals surface area contributed by atoms with E-state index >= 15 is 0 Å². The predicted octanol–water partition coefficient (Wildman–Crippen LogP) is 2.71. The van der Waals surface area contributed by atoms with Gasteiger partial charge in [0, 0.05) is 22.5 Å². The van der Waals surface area contributed by atoms with E-state index in [1.165, 1.54) is 11.8 Å². The number of carbonyl (C=O) groups is 2. The average molecular weight is 406 g/mol. The van der Waals surface area contributed by atoms with Crippen molar-refractivity contribution in [2.24, 2.45) is 0 Å². The maximum atomic E-state index is 13.2. The summed E-state index contributed by atoms with van der Waals surface area (Å²) in [5.74, 6) is -3.03. The number of benzene rings is 1. The van der Waals surface area contributed by atoms with Gasteiger partial charge >= 0.3 is 5.97 Å². The molecule has 0 spiro atoms. The van der Waals surface area contributed by atoms with Crippen molar-refractivity contribution >= 4 is 29.3 Å². The summed E-state index contributed by atoms with van der Waals surface area (Å²) in [5, 5.41) is 4.86. The minimum Gasteiger partial charge on any atom is -0.457 e. The molecule has 10 heteroatoms. The normalized spacial score (nSPS) is 11.0. The Bertz CT molecular complexity index is 1080. The zero-order chi connectivity index (χ0) is 20.4. The summed E-state index contributed by atoms with van der Waals surface area (Å²) in [6, 6.07) is 2.75. The SMILES string of the molecule is CSc1nc2nc(C)c(CC(=O)OCC(=O)c3ccc(F)c(F)c3)c(C)n2n1. The zero-order valence-corrected chi connectivity index (χ0v) is 16.1. The maximum Gasteiger partial charge on any atom is 0.310 e. The van der Waals surface area contributed by atoms with Gasteiger partial charge in [-0.05, 0) is 38.3 Å². The summed E-state index contributed by atoms with van der Waals surface area (Å²) >= 11 is 1.38. The first-order chi connectivity index (χ1) is 13.3. The van der Waals surface area contributed by atoms with E-state index in [-0.39, 0.29) is 12.0 Å². The van der Waals surface area contributed by atoms with Crippen LogP contribution >= 0.6 is 11.8 Å². The number of ether oxygens (including phenoxy) is 1. The Balaban J connectivity index is 1.70. The van der Waals surface area contributed by atoms with Gasteiger partial charge in [-0.25, -0.2) is 18.3 Å². The maximum absolute atomic E-state index is 13.2. The molecule has 7 nitrogen and oxygen atoms in total. The van der Waals surface area contributed by atoms with E-state index in [1.54, 1.807) is 18.4 Å². The number of hydrogen-bond donors (Lipinski definition) is 0. The van der Waals surface area contributed by atoms with Gasteiger partial charge in [0.2, 0.25) is 5.16 Å². The lowest BCUT2D eigenvalue weighted by atomic mass is 10.1. The van der Waals surface area contributed by atoms with Crippen LogP contribution in [0.15, 0.2) is 23.4 Å². The van der Waals surface area contributed by atoms with Gasteiger partial charge in [-0.1, -0.05) is 11.8 Å². The van der Waals surface area contributed by atoms with E-state index in [9.17, 15) is 18.4 Å². The van der Waals surface area contributed by atoms with Crippen molar-refractivity contribution in [3.8, 4) is 0 Å². The fourth-order valence-corrected chi connectivity index (χ4v) is 2.96. The van der Waals surface area contributed by atoms with E-state index < -0.39 is 30.0 Å². The lowest BCUT2D eigenvalue weighted by Gasteiger charge is -2.10. The van der Waals surface area contributed by atoms with Gasteiger partial charge < -0.3 is 4.74 Å². The number of halogens is 2. The number of fused-ring (bicyclic) bond motifs is 1. The number of ketones is 1. The predicted molar refractivity (Wildman–Crippen MR) is 97.4 cm³/mol. The van der Waals surface area contributed by atoms with Crippen molar-refractivity contribution in [2.45, 2.75) is 25.4 Å². The quantitative estimate of drug-likeness (QED) is 0.353. The number of aromatic nitrogens is 4. The van der Waals surface area contributed by atoms with Crippen LogP contribution in [0, 0.1) is 25.5 Å². The molecule has 0 bridgehead atoms. The second-order valence-electron chi connectivity index (χ2n) is 5.96. The van der Waals surface area contributed by atoms with Crippen molar-refractivity contribution in [3.05, 3.63) is 52.3 Å². The molecule has 3 aromatic rings. The van der Waals surface area contributed by atoms with Crippen LogP contribution in [0.25, 0.3) is 5.78 Å². The first-order valence-corrected chi connectivity index (χ1v) is 9.43. The number of carbonyl (C=O) groups excluding carboxylic acids is 2. The standard InChI is InChI=1S/C18H16F2N4O3S/c1-9-12(10(2)24-17(21-9)22-18(23-24)28-3)7-16(26)27-8-15(25)11-4-5-13(19)14(20)6-11/h4-6H,7-8H2,1-3H3. The van der Waals surface area contributed by atoms with Gasteiger partial charge in [0.15, 0.2) is 24.0 Å². The molecule has 0 aliphatic rings. The molecule has 0 saturated heterocycles. The Labute approximate surface area is 163 Å². The van der Waals surface area contributed by atoms with Crippen molar-refractivity contribution in [1.82, 2.24) is 19.6 Å². The van der Waals surface area contributed by atoms with Crippen LogP contribution in [0.3, 0.4) is 0 Å². The molecule has 0 N–H and O–H groups in total. The summed E-state index contributed by atoms with van der Waals surface area (Å²) < 4.78 is 32.7. The first kappa shape index (κ1) is 19.9. The molecule has 1 aromatic carbocycles. The van der Waals surface area contributed by atoms with Gasteiger partial charge in [0.1, 0.15) is 0 Å². The van der Waals surface area contributed by atoms with Crippen LogP contribution in [0.1, 0.15) is 27.3 Å². The molecule has 0 aliphatic carbocycles. The van der Waals surface area contributed by atoms with Crippen molar-refractivity contribution < 1.29 is 23.1 Å². The van der Waals surface area contributed by atoms with Gasteiger partial charge in [-0.3, -0.25) is 9.59 Å². The van der Waals surface area contributed by atoms with Crippen LogP contribution < -0.4 is 0 Å². The number of rotatable bonds is 6. The highest BCUT2D eigenvalue weighted by molar-refractivity contribution is 7.98. The van der Waals surface area contributed by atoms with Gasteiger partial charge in [0.25, 0.3) is 5.78 Å². The minimum absolute atomic E-state index is 0.0747. The zero-order valence-electron chi connectivity index (χ0n) is 15.3. The third-order valence-electron chi connectivity index (χ3n) is 4.14. The van der Waals surface area contributed by atoms with E-state index in [0.717, 1.165) is 18.2 Å². The average Bonchev–Trinajstić information content (AvgIpc) is 3.08. The molecule has 0 atom stereocenters. The number of esters is 1. The second-order valence-corrected chi connectivity index (χ2v) is 6.73. The molecule has 146 valence electrons. The lowest BCUT2D eigenvalue weighted by Crippen LogP contribution is -2.18. The van der Waals surface area contributed by atoms with Crippen LogP contribution in [0.4, 0.5) is 8.78 Å².